The van der Waals surface area contributed by atoms with Gasteiger partial charge in [0.2, 0.25) is 5.91 Å². The number of allylic oxidation sites excluding steroid dienone is 7. The zero-order valence-electron chi connectivity index (χ0n) is 43.4. The van der Waals surface area contributed by atoms with E-state index in [4.69, 9.17) is 20.5 Å². The number of hydrogen-bond acceptors (Lipinski definition) is 9. The number of ether oxygens (including phenoxy) is 1. The van der Waals surface area contributed by atoms with E-state index in [1.165, 1.54) is 11.7 Å². The molecule has 1 aromatic carbocycles. The first-order chi connectivity index (χ1) is 35.4. The van der Waals surface area contributed by atoms with E-state index in [2.05, 4.69) is 96.0 Å². The fourth-order valence-corrected chi connectivity index (χ4v) is 11.4. The molecule has 0 bridgehead atoms. The van der Waals surface area contributed by atoms with E-state index < -0.39 is 5.54 Å². The molecule has 0 saturated carbocycles. The van der Waals surface area contributed by atoms with E-state index in [1.807, 2.05) is 29.2 Å². The van der Waals surface area contributed by atoms with Gasteiger partial charge in [-0.3, -0.25) is 24.4 Å². The molecule has 390 valence electrons. The summed E-state index contributed by atoms with van der Waals surface area (Å²) in [6.07, 6.45) is 28.8. The topological polar surface area (TPSA) is 175 Å². The van der Waals surface area contributed by atoms with Gasteiger partial charge in [0.25, 0.3) is 11.8 Å². The highest BCUT2D eigenvalue weighted by Gasteiger charge is 2.40. The van der Waals surface area contributed by atoms with Gasteiger partial charge in [-0.1, -0.05) is 93.3 Å². The van der Waals surface area contributed by atoms with Gasteiger partial charge in [-0.2, -0.15) is 0 Å². The molecular formula is C58H79N9O4P2. The van der Waals surface area contributed by atoms with E-state index in [0.29, 0.717) is 44.7 Å². The van der Waals surface area contributed by atoms with Crippen molar-refractivity contribution in [3.8, 4) is 0 Å². The highest BCUT2D eigenvalue weighted by atomic mass is 31.0. The van der Waals surface area contributed by atoms with Crippen molar-refractivity contribution in [1.29, 1.82) is 0 Å². The Balaban J connectivity index is 0.719. The van der Waals surface area contributed by atoms with Gasteiger partial charge in [-0.15, -0.1) is 18.5 Å². The third-order valence-electron chi connectivity index (χ3n) is 14.4. The largest absolute Gasteiger partial charge is 0.390 e. The van der Waals surface area contributed by atoms with Crippen molar-refractivity contribution < 1.29 is 19.1 Å². The van der Waals surface area contributed by atoms with Crippen LogP contribution in [-0.2, 0) is 19.1 Å². The Labute approximate surface area is 438 Å². The Morgan fingerprint density at radius 2 is 1.75 bits per heavy atom. The minimum atomic E-state index is -0.575. The molecule has 4 unspecified atom stereocenters. The van der Waals surface area contributed by atoms with Crippen LogP contribution in [0.5, 0.6) is 0 Å². The summed E-state index contributed by atoms with van der Waals surface area (Å²) in [5.74, 6) is 0.00925. The number of aryl methyl sites for hydroxylation is 1. The van der Waals surface area contributed by atoms with Crippen LogP contribution in [0.1, 0.15) is 133 Å². The summed E-state index contributed by atoms with van der Waals surface area (Å²) < 4.78 is 5.86. The normalized spacial score (nSPS) is 22.3. The quantitative estimate of drug-likeness (QED) is 0.0297. The number of benzene rings is 1. The SMILES string of the molecule is C=C1CCC(N2CC3=C(NC(=O)CCCCCNCCOCCCCCCCCNC(=O)C4=CCC(C)(\N=C5/C(=C\N=C\N)CN=C(C6=C(P)CCC=C6P)c6cc(C)ccc65)C=C4)CCC=C3C2=O)C(=C)N1. The molecule has 2 saturated heterocycles. The molecule has 4 atom stereocenters. The first-order valence-electron chi connectivity index (χ1n) is 26.6. The lowest BCUT2D eigenvalue weighted by Crippen LogP contribution is -2.43. The predicted octanol–water partition coefficient (Wildman–Crippen LogP) is 9.12. The van der Waals surface area contributed by atoms with E-state index >= 15 is 0 Å². The molecule has 2 fully saturated rings. The van der Waals surface area contributed by atoms with Crippen molar-refractivity contribution in [1.82, 2.24) is 26.2 Å². The van der Waals surface area contributed by atoms with Gasteiger partial charge < -0.3 is 36.6 Å². The van der Waals surface area contributed by atoms with Crippen LogP contribution >= 0.6 is 18.5 Å². The number of nitrogens with two attached hydrogens (primary N) is 1. The van der Waals surface area contributed by atoms with Gasteiger partial charge in [0, 0.05) is 94.9 Å². The fourth-order valence-electron chi connectivity index (χ4n) is 10.3. The van der Waals surface area contributed by atoms with E-state index in [-0.39, 0.29) is 23.8 Å². The standard InChI is InChI=1S/C58H79N9O4P2/c1-39-21-23-44-46(34-39)55(53-50(72)18-15-19-51(53)73)63-36-43(35-61-38-59)54(44)66-58(4)27-25-42(26-28-58)56(69)62-30-12-7-5-6-8-13-32-71-33-31-60-29-11-9-10-20-52(68)65-48-17-14-16-45-47(48)37-67(57(45)70)49-24-22-40(2)64-41(49)3/h16,18,21,23,25-27,34-35,38,49,60,64H,2-3,5-15,17,19-20,22,24,28-33,36-37,72-73H2,1,4H3,(H2,59,61)(H,62,69)(H,65,68)/b43-35-,66-54+. The lowest BCUT2D eigenvalue weighted by Gasteiger charge is -2.34. The Morgan fingerprint density at radius 1 is 0.973 bits per heavy atom. The van der Waals surface area contributed by atoms with Crippen molar-refractivity contribution in [2.24, 2.45) is 20.7 Å². The molecule has 3 heterocycles. The molecule has 1 aromatic rings. The van der Waals surface area contributed by atoms with E-state index in [9.17, 15) is 14.4 Å². The highest BCUT2D eigenvalue weighted by Crippen LogP contribution is 2.39. The van der Waals surface area contributed by atoms with Crippen LogP contribution in [0, 0.1) is 6.92 Å². The average molecular weight is 1030 g/mol. The molecule has 0 spiro atoms. The molecule has 3 aliphatic carbocycles. The van der Waals surface area contributed by atoms with Crippen molar-refractivity contribution in [2.75, 3.05) is 45.9 Å². The van der Waals surface area contributed by atoms with Gasteiger partial charge in [0.15, 0.2) is 0 Å². The van der Waals surface area contributed by atoms with E-state index in [0.717, 1.165) is 189 Å². The molecule has 6 aliphatic rings. The van der Waals surface area contributed by atoms with Crippen LogP contribution in [0.25, 0.3) is 0 Å². The second kappa shape index (κ2) is 27.3. The lowest BCUT2D eigenvalue weighted by atomic mass is 9.88. The second-order valence-corrected chi connectivity index (χ2v) is 21.6. The van der Waals surface area contributed by atoms with Crippen molar-refractivity contribution in [2.45, 2.75) is 135 Å². The number of nitrogens with one attached hydrogen (secondary N) is 4. The average Bonchev–Trinajstić information content (AvgIpc) is 3.63. The number of carbonyl (C=O) groups is 3. The number of unbranched alkanes of at least 4 members (excludes halogenated alkanes) is 7. The van der Waals surface area contributed by atoms with Crippen LogP contribution in [0.3, 0.4) is 0 Å². The Kier molecular flexibility index (Phi) is 20.7. The molecule has 73 heavy (non-hydrogen) atoms. The highest BCUT2D eigenvalue weighted by molar-refractivity contribution is 7.25. The Morgan fingerprint density at radius 3 is 2.53 bits per heavy atom. The van der Waals surface area contributed by atoms with Crippen LogP contribution in [0.15, 0.2) is 138 Å². The number of amides is 3. The minimum Gasteiger partial charge on any atom is -0.390 e. The number of rotatable bonds is 24. The number of fused-ring (bicyclic) bond motifs is 2. The summed E-state index contributed by atoms with van der Waals surface area (Å²) >= 11 is 0. The summed E-state index contributed by atoms with van der Waals surface area (Å²) in [6.45, 7) is 17.1. The van der Waals surface area contributed by atoms with Crippen molar-refractivity contribution in [3.63, 3.8) is 0 Å². The maximum absolute atomic E-state index is 13.3. The number of aliphatic imine (C=N–C) groups is 3. The van der Waals surface area contributed by atoms with Crippen molar-refractivity contribution in [3.05, 3.63) is 140 Å². The van der Waals surface area contributed by atoms with Gasteiger partial charge in [0.05, 0.1) is 42.5 Å². The molecule has 0 radical (unpaired) electrons. The smallest absolute Gasteiger partial charge is 0.254 e. The van der Waals surface area contributed by atoms with Crippen LogP contribution in [0.2, 0.25) is 0 Å². The zero-order chi connectivity index (χ0) is 51.7. The van der Waals surface area contributed by atoms with Crippen LogP contribution in [0.4, 0.5) is 0 Å². The first-order valence-corrected chi connectivity index (χ1v) is 27.8. The molecule has 7 rings (SSSR count). The molecule has 6 N–H and O–H groups in total. The lowest BCUT2D eigenvalue weighted by molar-refractivity contribution is -0.126. The molecule has 3 amide bonds. The molecule has 0 aromatic heterocycles. The summed E-state index contributed by atoms with van der Waals surface area (Å²) in [7, 11) is 5.85. The monoisotopic (exact) mass is 1030 g/mol. The third-order valence-corrected chi connectivity index (χ3v) is 15.5. The number of piperidine rings is 1. The third kappa shape index (κ3) is 15.2. The van der Waals surface area contributed by atoms with Gasteiger partial charge in [0.1, 0.15) is 0 Å². The second-order valence-electron chi connectivity index (χ2n) is 20.2. The fraction of sp³-hybridized carbons (Fsp3) is 0.483. The zero-order valence-corrected chi connectivity index (χ0v) is 45.7. The predicted molar refractivity (Wildman–Crippen MR) is 305 cm³/mol. The number of likely N-dealkylation sites (tertiary alicyclic amines) is 1. The minimum absolute atomic E-state index is 0.0261. The molecule has 13 nitrogen and oxygen atoms in total. The summed E-state index contributed by atoms with van der Waals surface area (Å²) in [4.78, 5) is 56.2. The molecule has 15 heteroatoms. The van der Waals surface area contributed by atoms with Gasteiger partial charge >= 0.3 is 0 Å². The first kappa shape index (κ1) is 55.4. The summed E-state index contributed by atoms with van der Waals surface area (Å²) in [5.41, 5.74) is 17.2. The van der Waals surface area contributed by atoms with Crippen molar-refractivity contribution >= 4 is 54.0 Å². The maximum atomic E-state index is 13.3. The van der Waals surface area contributed by atoms with Gasteiger partial charge in [-0.05, 0) is 108 Å². The van der Waals surface area contributed by atoms with E-state index in [1.54, 1.807) is 6.20 Å². The Bertz CT molecular complexity index is 2600. The van der Waals surface area contributed by atoms with Gasteiger partial charge in [-0.25, -0.2) is 4.99 Å². The Hall–Kier alpha value is -5.32. The summed E-state index contributed by atoms with van der Waals surface area (Å²) in [6, 6.07) is 6.40. The number of carbonyl (C=O) groups excluding carboxylic acids is 3. The maximum Gasteiger partial charge on any atom is 0.254 e. The molecular weight excluding hydrogens is 949 g/mol. The number of nitrogens with zero attached hydrogens (tertiary/aromatic N) is 4. The molecule has 3 aliphatic heterocycles. The van der Waals surface area contributed by atoms with Crippen LogP contribution in [-0.4, -0.2) is 97.9 Å². The summed E-state index contributed by atoms with van der Waals surface area (Å²) in [5, 5.41) is 15.4. The number of hydrogen-bond donors (Lipinski definition) is 5. The van der Waals surface area contributed by atoms with Crippen LogP contribution < -0.4 is 27.0 Å².